The Kier molecular flexibility index (Phi) is 39.2. The van der Waals surface area contributed by atoms with Gasteiger partial charge in [-0.15, -0.1) is 0 Å². The number of aromatic nitrogens is 4. The molecule has 15 atom stereocenters. The van der Waals surface area contributed by atoms with E-state index in [0.29, 0.717) is 6.42 Å². The van der Waals surface area contributed by atoms with Crippen LogP contribution in [0.2, 0.25) is 0 Å². The van der Waals surface area contributed by atoms with E-state index >= 15 is 0 Å². The van der Waals surface area contributed by atoms with E-state index in [-0.39, 0.29) is 106 Å². The number of aldehydes is 1. The number of imidazole rings is 2. The third-order valence-corrected chi connectivity index (χ3v) is 18.5. The molecule has 2 aliphatic rings. The van der Waals surface area contributed by atoms with Crippen molar-refractivity contribution in [3.63, 3.8) is 0 Å². The number of carbonyl (C=O) groups is 18. The summed E-state index contributed by atoms with van der Waals surface area (Å²) in [6, 6.07) is -19.0. The first-order valence-electron chi connectivity index (χ1n) is 36.5. The van der Waals surface area contributed by atoms with Gasteiger partial charge < -0.3 is 125 Å². The average Bonchev–Trinajstić information content (AvgIpc) is 1.63. The zero-order valence-electron chi connectivity index (χ0n) is 63.6. The molecule has 0 radical (unpaired) electrons. The molecular formula is C68H107N21O22S. The first kappa shape index (κ1) is 93.6. The van der Waals surface area contributed by atoms with Crippen LogP contribution in [0.3, 0.4) is 0 Å². The number of aliphatic hydroxyl groups excluding tert-OH is 3. The lowest BCUT2D eigenvalue weighted by molar-refractivity contribution is -0.146. The molecule has 0 saturated carbocycles. The third-order valence-electron chi connectivity index (χ3n) is 18.1. The van der Waals surface area contributed by atoms with Crippen LogP contribution < -0.4 is 80.2 Å². The summed E-state index contributed by atoms with van der Waals surface area (Å²) in [5.41, 5.74) is 5.88. The van der Waals surface area contributed by atoms with Crippen molar-refractivity contribution in [3.8, 4) is 0 Å². The summed E-state index contributed by atoms with van der Waals surface area (Å²) in [6.45, 7) is 7.22. The maximum Gasteiger partial charge on any atom is 0.305 e. The van der Waals surface area contributed by atoms with E-state index in [4.69, 9.17) is 5.73 Å². The Labute approximate surface area is 650 Å². The van der Waals surface area contributed by atoms with Gasteiger partial charge in [-0.3, -0.25) is 81.5 Å². The van der Waals surface area contributed by atoms with Crippen molar-refractivity contribution in [2.75, 3.05) is 58.7 Å². The number of H-pyrrole nitrogens is 2. The Hall–Kier alpha value is -10.7. The lowest BCUT2D eigenvalue weighted by Crippen LogP contribution is -2.61. The molecule has 2 aliphatic heterocycles. The molecule has 4 rings (SSSR count). The van der Waals surface area contributed by atoms with E-state index in [1.807, 2.05) is 0 Å². The molecule has 622 valence electrons. The number of thiol groups is 1. The van der Waals surface area contributed by atoms with E-state index < -0.39 is 231 Å². The summed E-state index contributed by atoms with van der Waals surface area (Å²) >= 11 is 4.17. The third kappa shape index (κ3) is 30.2. The number of nitrogens with zero attached hydrogens (tertiary/aromatic N) is 4. The molecule has 16 amide bonds. The molecule has 43 nitrogen and oxygen atoms in total. The van der Waals surface area contributed by atoms with Crippen LogP contribution in [-0.4, -0.2) is 300 Å². The summed E-state index contributed by atoms with van der Waals surface area (Å²) < 4.78 is 0. The van der Waals surface area contributed by atoms with Gasteiger partial charge in [0, 0.05) is 55.5 Å². The highest BCUT2D eigenvalue weighted by molar-refractivity contribution is 7.80. The van der Waals surface area contributed by atoms with Crippen LogP contribution in [-0.2, 0) is 99.1 Å². The van der Waals surface area contributed by atoms with Crippen molar-refractivity contribution >= 4 is 119 Å². The number of likely N-dealkylation sites (N-methyl/N-ethyl adjacent to an activating group) is 1. The van der Waals surface area contributed by atoms with Crippen LogP contribution >= 0.6 is 12.6 Å². The van der Waals surface area contributed by atoms with Gasteiger partial charge in [-0.1, -0.05) is 48.0 Å². The molecule has 2 unspecified atom stereocenters. The maximum atomic E-state index is 14.5. The van der Waals surface area contributed by atoms with Crippen LogP contribution in [0, 0.1) is 17.8 Å². The van der Waals surface area contributed by atoms with Gasteiger partial charge in [-0.2, -0.15) is 12.6 Å². The predicted octanol–water partition coefficient (Wildman–Crippen LogP) is -9.33. The molecule has 44 heteroatoms. The van der Waals surface area contributed by atoms with Crippen LogP contribution in [0.4, 0.5) is 0 Å². The Morgan fingerprint density at radius 2 is 0.982 bits per heavy atom. The standard InChI is InChI=1S/C68H107N21O22S/c1-9-35(6)55(87-62(105)47(30-112)70-8)65(108)75-25-52(96)79-40(16-33(2)3)59(102)81-42(19-38-23-72-32-77-38)60(103)83-45(21-54(98)99)68(111)89-15-11-13-49(89)64(107)85-46(29-92)61(104)80-41(18-37-22-71-31-76-37)57(100)74-26-53(97)86-56(36(7)93)66(109)84-44(17-34(4)5)67(110)88-14-10-12-48(88)63(106)82-43(20-50(69)94)58(101)73-24-51(95)78-39(27-90)28-91/h22-23,27,31-36,39-49,55-56,70,91-93,112H,9-21,24-26,28-30H2,1-8H3,(H2,69,94)(H,71,76)(H,72,77)(H,73,101)(H,74,100)(H,75,108)(H,78,95)(H,79,96)(H,80,104)(H,81,102)(H,82,106)(H,83,103)(H,84,109)(H,85,107)(H,86,97)(H,87,105)(H,98,99)/t35-,36+,39+,40-,41-,42?,43-,44-,45-,46-,47?,48-,49-,55-,56-/m0/s1. The zero-order valence-corrected chi connectivity index (χ0v) is 64.5. The molecule has 0 aromatic carbocycles. The lowest BCUT2D eigenvalue weighted by Gasteiger charge is -2.31. The minimum Gasteiger partial charge on any atom is -0.481 e. The van der Waals surface area contributed by atoms with Gasteiger partial charge in [0.1, 0.15) is 78.8 Å². The van der Waals surface area contributed by atoms with Gasteiger partial charge in [0.25, 0.3) is 0 Å². The number of aliphatic hydroxyl groups is 3. The van der Waals surface area contributed by atoms with Crippen molar-refractivity contribution < 1.29 is 107 Å². The second-order valence-electron chi connectivity index (χ2n) is 28.0. The number of nitrogens with two attached hydrogens (primary N) is 1. The summed E-state index contributed by atoms with van der Waals surface area (Å²) in [6.07, 6.45) is 2.01. The molecule has 0 bridgehead atoms. The Bertz CT molecular complexity index is 3580. The number of nitrogens with one attached hydrogen (secondary N) is 16. The number of aliphatic carboxylic acids is 1. The van der Waals surface area contributed by atoms with E-state index in [0.717, 1.165) is 16.7 Å². The van der Waals surface area contributed by atoms with E-state index in [1.165, 1.54) is 25.0 Å². The highest BCUT2D eigenvalue weighted by atomic mass is 32.1. The van der Waals surface area contributed by atoms with Crippen LogP contribution in [0.15, 0.2) is 25.0 Å². The monoisotopic (exact) mass is 1600 g/mol. The second kappa shape index (κ2) is 46.8. The number of hydrogen-bond acceptors (Lipinski definition) is 25. The Morgan fingerprint density at radius 3 is 1.44 bits per heavy atom. The van der Waals surface area contributed by atoms with E-state index in [2.05, 4.69) is 107 Å². The van der Waals surface area contributed by atoms with Gasteiger partial charge in [0.15, 0.2) is 0 Å². The number of carboxylic acids is 1. The number of primary amides is 1. The first-order valence-corrected chi connectivity index (χ1v) is 37.2. The van der Waals surface area contributed by atoms with Crippen molar-refractivity contribution in [2.45, 2.75) is 204 Å². The largest absolute Gasteiger partial charge is 0.481 e. The molecule has 2 fully saturated rings. The number of rotatable bonds is 48. The first-order chi connectivity index (χ1) is 53.0. The minimum atomic E-state index is -1.91. The topological polar surface area (TPSA) is 646 Å². The minimum absolute atomic E-state index is 0.00157. The molecule has 112 heavy (non-hydrogen) atoms. The van der Waals surface area contributed by atoms with Crippen molar-refractivity contribution in [2.24, 2.45) is 23.5 Å². The fourth-order valence-corrected chi connectivity index (χ4v) is 12.4. The van der Waals surface area contributed by atoms with Gasteiger partial charge in [0.2, 0.25) is 94.5 Å². The van der Waals surface area contributed by atoms with Crippen LogP contribution in [0.25, 0.3) is 0 Å². The number of likely N-dealkylation sites (tertiary alicyclic amines) is 2. The lowest BCUT2D eigenvalue weighted by atomic mass is 9.98. The zero-order chi connectivity index (χ0) is 83.6. The SMILES string of the molecule is CC[C@H](C)[C@H](NC(=O)C(CS)NC)C(=O)NCC(=O)N[C@@H](CC(C)C)C(=O)NC(Cc1cnc[nH]1)C(=O)N[C@@H](CC(=O)O)C(=O)N1CCC[C@H]1C(=O)N[C@@H](CO)C(=O)N[C@@H](Cc1cnc[nH]1)C(=O)NCC(=O)N[C@H](C(=O)N[C@@H](CC(C)C)C(=O)N1CCC[C@H]1C(=O)N[C@@H](CC(N)=O)C(=O)NCC(=O)N[C@H](C=O)CO)[C@@H](C)O. The van der Waals surface area contributed by atoms with Gasteiger partial charge in [-0.25, -0.2) is 9.97 Å². The van der Waals surface area contributed by atoms with Crippen molar-refractivity contribution in [3.05, 3.63) is 36.4 Å². The molecule has 2 saturated heterocycles. The maximum absolute atomic E-state index is 14.5. The van der Waals surface area contributed by atoms with Crippen molar-refractivity contribution in [1.29, 1.82) is 0 Å². The second-order valence-corrected chi connectivity index (χ2v) is 28.3. The molecule has 22 N–H and O–H groups in total. The van der Waals surface area contributed by atoms with Crippen LogP contribution in [0.5, 0.6) is 0 Å². The average molecular weight is 1600 g/mol. The molecule has 2 aromatic rings. The van der Waals surface area contributed by atoms with Gasteiger partial charge in [-0.05, 0) is 70.3 Å². The quantitative estimate of drug-likeness (QED) is 0.0216. The predicted molar refractivity (Wildman–Crippen MR) is 395 cm³/mol. The molecule has 4 heterocycles. The van der Waals surface area contributed by atoms with E-state index in [1.54, 1.807) is 48.6 Å². The van der Waals surface area contributed by atoms with E-state index in [9.17, 15) is 107 Å². The Morgan fingerprint density at radius 1 is 0.536 bits per heavy atom. The highest BCUT2D eigenvalue weighted by Crippen LogP contribution is 2.23. The van der Waals surface area contributed by atoms with Crippen molar-refractivity contribution in [1.82, 2.24) is 104 Å². The number of carbonyl (C=O) groups excluding carboxylic acids is 17. The van der Waals surface area contributed by atoms with Gasteiger partial charge in [0.05, 0.1) is 70.5 Å². The number of hydrogen-bond donors (Lipinski definition) is 22. The van der Waals surface area contributed by atoms with Gasteiger partial charge >= 0.3 is 5.97 Å². The van der Waals surface area contributed by atoms with Crippen LogP contribution in [0.1, 0.15) is 118 Å². The summed E-state index contributed by atoms with van der Waals surface area (Å²) in [4.78, 5) is 257. The fourth-order valence-electron chi connectivity index (χ4n) is 12.0. The molecule has 0 aliphatic carbocycles. The smallest absolute Gasteiger partial charge is 0.305 e. The molecule has 0 spiro atoms. The normalized spacial score (nSPS) is 17.4. The highest BCUT2D eigenvalue weighted by Gasteiger charge is 2.44. The number of aromatic amines is 2. The summed E-state index contributed by atoms with van der Waals surface area (Å²) in [7, 11) is 1.55. The molecule has 2 aromatic heterocycles. The number of carboxylic acid groups (broad SMARTS) is 1. The fraction of sp³-hybridized carbons (Fsp3) is 0.647. The Balaban J connectivity index is 1.45. The molecular weight excluding hydrogens is 1490 g/mol. The number of amides is 16. The summed E-state index contributed by atoms with van der Waals surface area (Å²) in [5, 5.41) is 74.7. The summed E-state index contributed by atoms with van der Waals surface area (Å²) in [5.74, 6) is -17.6.